The van der Waals surface area contributed by atoms with Crippen LogP contribution >= 0.6 is 39.1 Å². The SMILES string of the molecule is CCC(CF)COP(=O)(O)OCCOP(=O)(O)OCCOP(=O)(O)OCCOP(=O)(O)OCC(CC)COP(=O)(O)O. The highest BCUT2D eigenvalue weighted by Crippen LogP contribution is 2.48. The van der Waals surface area contributed by atoms with Gasteiger partial charge in [-0.05, 0) is 12.8 Å². The molecule has 254 valence electrons. The Hall–Kier alpha value is 0.480. The first-order chi connectivity index (χ1) is 19.3. The van der Waals surface area contributed by atoms with Crippen molar-refractivity contribution >= 4 is 39.1 Å². The molecule has 6 unspecified atom stereocenters. The number of phosphoric ester groups is 5. The summed E-state index contributed by atoms with van der Waals surface area (Å²) in [7, 11) is -23.5. The lowest BCUT2D eigenvalue weighted by Crippen LogP contribution is -2.15. The fourth-order valence-electron chi connectivity index (χ4n) is 2.22. The molecule has 0 saturated carbocycles. The molecule has 6 atom stereocenters. The van der Waals surface area contributed by atoms with E-state index in [4.69, 9.17) is 9.79 Å². The quantitative estimate of drug-likeness (QED) is 0.0524. The highest BCUT2D eigenvalue weighted by atomic mass is 31.2. The van der Waals surface area contributed by atoms with Gasteiger partial charge in [0, 0.05) is 11.8 Å². The van der Waals surface area contributed by atoms with Crippen LogP contribution in [0.3, 0.4) is 0 Å². The third kappa shape index (κ3) is 23.8. The normalized spacial score (nSPS) is 19.7. The standard InChI is InChI=1S/C16H38FO20P5/c1-3-15(11-17)12-36-41(25,26)33-9-7-31-39(21,22)29-5-6-30-40(23,24)32-8-10-34-42(27,28)37-14-16(4-2)13-35-38(18,19)20/h15-16H,3-14H2,1-2H3,(H,21,22)(H,23,24)(H,25,26)(H,27,28)(H2,18,19,20). The summed E-state index contributed by atoms with van der Waals surface area (Å²) in [6, 6.07) is 0. The van der Waals surface area contributed by atoms with Crippen molar-refractivity contribution in [1.29, 1.82) is 0 Å². The van der Waals surface area contributed by atoms with Crippen molar-refractivity contribution < 1.29 is 97.3 Å². The minimum Gasteiger partial charge on any atom is -0.303 e. The monoisotopic (exact) mass is 724 g/mol. The lowest BCUT2D eigenvalue weighted by Gasteiger charge is -2.18. The highest BCUT2D eigenvalue weighted by molar-refractivity contribution is 7.48. The number of hydrogen-bond donors (Lipinski definition) is 6. The van der Waals surface area contributed by atoms with Gasteiger partial charge in [-0.2, -0.15) is 0 Å². The van der Waals surface area contributed by atoms with Crippen molar-refractivity contribution in [3.63, 3.8) is 0 Å². The molecule has 0 amide bonds. The van der Waals surface area contributed by atoms with E-state index < -0.39 is 110 Å². The van der Waals surface area contributed by atoms with E-state index in [9.17, 15) is 46.8 Å². The Morgan fingerprint density at radius 2 is 0.738 bits per heavy atom. The largest absolute Gasteiger partial charge is 0.472 e. The van der Waals surface area contributed by atoms with Gasteiger partial charge in [-0.1, -0.05) is 13.8 Å². The molecule has 0 heterocycles. The molecule has 0 bridgehead atoms. The van der Waals surface area contributed by atoms with E-state index in [1.54, 1.807) is 13.8 Å². The van der Waals surface area contributed by atoms with E-state index in [-0.39, 0.29) is 13.0 Å². The van der Waals surface area contributed by atoms with E-state index in [0.29, 0.717) is 6.42 Å². The predicted molar refractivity (Wildman–Crippen MR) is 138 cm³/mol. The van der Waals surface area contributed by atoms with Crippen LogP contribution in [0.4, 0.5) is 4.39 Å². The first-order valence-electron chi connectivity index (χ1n) is 12.0. The smallest absolute Gasteiger partial charge is 0.303 e. The van der Waals surface area contributed by atoms with Crippen LogP contribution in [-0.2, 0) is 63.5 Å². The molecule has 0 aromatic rings. The van der Waals surface area contributed by atoms with Gasteiger partial charge < -0.3 is 29.4 Å². The van der Waals surface area contributed by atoms with E-state index in [1.165, 1.54) is 0 Å². The molecular weight excluding hydrogens is 686 g/mol. The third-order valence-corrected chi connectivity index (χ3v) is 9.06. The lowest BCUT2D eigenvalue weighted by atomic mass is 10.1. The molecule has 0 aromatic carbocycles. The molecule has 42 heavy (non-hydrogen) atoms. The summed E-state index contributed by atoms with van der Waals surface area (Å²) in [6.07, 6.45) is 0.629. The summed E-state index contributed by atoms with van der Waals surface area (Å²) < 4.78 is 111. The fourth-order valence-corrected chi connectivity index (χ4v) is 5.55. The summed E-state index contributed by atoms with van der Waals surface area (Å²) in [4.78, 5) is 55.6. The number of hydrogen-bond acceptors (Lipinski definition) is 14. The molecule has 0 rings (SSSR count). The Balaban J connectivity index is 4.21. The number of halogens is 1. The van der Waals surface area contributed by atoms with E-state index in [1.807, 2.05) is 0 Å². The van der Waals surface area contributed by atoms with Gasteiger partial charge in [-0.3, -0.25) is 45.1 Å². The number of rotatable bonds is 27. The van der Waals surface area contributed by atoms with Crippen LogP contribution in [0, 0.1) is 11.8 Å². The van der Waals surface area contributed by atoms with Crippen LogP contribution in [0.5, 0.6) is 0 Å². The minimum atomic E-state index is -4.77. The Labute approximate surface area is 241 Å². The lowest BCUT2D eigenvalue weighted by molar-refractivity contribution is 0.0738. The van der Waals surface area contributed by atoms with Gasteiger partial charge in [0.05, 0.1) is 66.1 Å². The number of phosphoric acid groups is 5. The van der Waals surface area contributed by atoms with Gasteiger partial charge >= 0.3 is 39.1 Å². The zero-order chi connectivity index (χ0) is 32.5. The van der Waals surface area contributed by atoms with Gasteiger partial charge in [0.2, 0.25) is 0 Å². The highest BCUT2D eigenvalue weighted by Gasteiger charge is 2.28. The summed E-state index contributed by atoms with van der Waals surface area (Å²) in [5, 5.41) is 0. The maximum atomic E-state index is 12.6. The van der Waals surface area contributed by atoms with Crippen molar-refractivity contribution in [2.24, 2.45) is 11.8 Å². The Morgan fingerprint density at radius 1 is 0.476 bits per heavy atom. The number of alkyl halides is 1. The summed E-state index contributed by atoms with van der Waals surface area (Å²) in [6.45, 7) is -3.19. The molecular formula is C16H38FO20P5. The molecule has 0 fully saturated rings. The van der Waals surface area contributed by atoms with Gasteiger partial charge in [-0.25, -0.2) is 22.8 Å². The topological polar surface area (TPSA) is 290 Å². The van der Waals surface area contributed by atoms with Crippen molar-refractivity contribution in [2.45, 2.75) is 26.7 Å². The van der Waals surface area contributed by atoms with E-state index in [2.05, 4.69) is 40.7 Å². The molecule has 6 N–H and O–H groups in total. The third-order valence-electron chi connectivity index (χ3n) is 4.57. The zero-order valence-electron chi connectivity index (χ0n) is 22.7. The maximum absolute atomic E-state index is 12.6. The Morgan fingerprint density at radius 3 is 1.00 bits per heavy atom. The zero-order valence-corrected chi connectivity index (χ0v) is 27.1. The van der Waals surface area contributed by atoms with Gasteiger partial charge in [-0.15, -0.1) is 0 Å². The van der Waals surface area contributed by atoms with Gasteiger partial charge in [0.1, 0.15) is 0 Å². The molecule has 20 nitrogen and oxygen atoms in total. The van der Waals surface area contributed by atoms with E-state index >= 15 is 0 Å². The van der Waals surface area contributed by atoms with Crippen LogP contribution in [-0.4, -0.2) is 95.5 Å². The van der Waals surface area contributed by atoms with Gasteiger partial charge in [0.25, 0.3) is 0 Å². The van der Waals surface area contributed by atoms with Crippen molar-refractivity contribution in [2.75, 3.05) is 66.1 Å². The molecule has 0 aliphatic heterocycles. The molecule has 0 aromatic heterocycles. The molecule has 0 aliphatic rings. The van der Waals surface area contributed by atoms with Crippen LogP contribution < -0.4 is 0 Å². The molecule has 0 aliphatic carbocycles. The summed E-state index contributed by atoms with van der Waals surface area (Å²) >= 11 is 0. The second-order valence-corrected chi connectivity index (χ2v) is 15.0. The summed E-state index contributed by atoms with van der Waals surface area (Å²) in [5.41, 5.74) is 0. The van der Waals surface area contributed by atoms with Crippen molar-refractivity contribution in [3.8, 4) is 0 Å². The van der Waals surface area contributed by atoms with Crippen molar-refractivity contribution in [1.82, 2.24) is 0 Å². The molecule has 0 radical (unpaired) electrons. The summed E-state index contributed by atoms with van der Waals surface area (Å²) in [5.74, 6) is -1.27. The van der Waals surface area contributed by atoms with Gasteiger partial charge in [0.15, 0.2) is 0 Å². The van der Waals surface area contributed by atoms with Crippen LogP contribution in [0.25, 0.3) is 0 Å². The Kier molecular flexibility index (Phi) is 20.8. The average Bonchev–Trinajstić information content (AvgIpc) is 2.87. The first-order valence-corrected chi connectivity index (χ1v) is 19.5. The van der Waals surface area contributed by atoms with E-state index in [0.717, 1.165) is 0 Å². The fraction of sp³-hybridized carbons (Fsp3) is 1.00. The van der Waals surface area contributed by atoms with Crippen LogP contribution in [0.15, 0.2) is 0 Å². The van der Waals surface area contributed by atoms with Crippen LogP contribution in [0.2, 0.25) is 0 Å². The first kappa shape index (κ1) is 42.5. The minimum absolute atomic E-state index is 0.273. The molecule has 26 heteroatoms. The average molecular weight is 724 g/mol. The Bertz CT molecular complexity index is 990. The second-order valence-electron chi connectivity index (χ2n) is 7.95. The molecule has 0 spiro atoms. The second kappa shape index (κ2) is 20.6. The molecule has 0 saturated heterocycles. The van der Waals surface area contributed by atoms with Crippen molar-refractivity contribution in [3.05, 3.63) is 0 Å². The maximum Gasteiger partial charge on any atom is 0.472 e. The van der Waals surface area contributed by atoms with Crippen LogP contribution in [0.1, 0.15) is 26.7 Å². The predicted octanol–water partition coefficient (Wildman–Crippen LogP) is 2.65.